The first kappa shape index (κ1) is 14.7. The molecule has 100 valence electrons. The van der Waals surface area contributed by atoms with Gasteiger partial charge in [0.1, 0.15) is 11.6 Å². The highest BCUT2D eigenvalue weighted by atomic mass is 32.1. The summed E-state index contributed by atoms with van der Waals surface area (Å²) >= 11 is 4.88. The molecular formula is C11H17N3O3S. The van der Waals surface area contributed by atoms with Crippen LogP contribution in [-0.2, 0) is 9.47 Å². The maximum atomic E-state index is 5.54. The van der Waals surface area contributed by atoms with Crippen LogP contribution < -0.4 is 10.5 Å². The van der Waals surface area contributed by atoms with Crippen molar-refractivity contribution in [2.24, 2.45) is 5.73 Å². The minimum absolute atomic E-state index is 0.237. The average Bonchev–Trinajstić information content (AvgIpc) is 2.38. The van der Waals surface area contributed by atoms with Gasteiger partial charge >= 0.3 is 0 Å². The first-order chi connectivity index (χ1) is 8.75. The molecular weight excluding hydrogens is 254 g/mol. The zero-order valence-corrected chi connectivity index (χ0v) is 11.1. The molecule has 6 nitrogen and oxygen atoms in total. The Morgan fingerprint density at radius 2 is 2.17 bits per heavy atom. The highest BCUT2D eigenvalue weighted by Crippen LogP contribution is 2.12. The number of ether oxygens (including phenoxy) is 3. The van der Waals surface area contributed by atoms with E-state index >= 15 is 0 Å². The first-order valence-electron chi connectivity index (χ1n) is 5.56. The van der Waals surface area contributed by atoms with Gasteiger partial charge in [0.25, 0.3) is 0 Å². The summed E-state index contributed by atoms with van der Waals surface area (Å²) < 4.78 is 15.7. The molecule has 0 aliphatic carbocycles. The number of nitrogens with zero attached hydrogens (tertiary/aromatic N) is 2. The second-order valence-corrected chi connectivity index (χ2v) is 3.86. The van der Waals surface area contributed by atoms with E-state index in [-0.39, 0.29) is 4.99 Å². The van der Waals surface area contributed by atoms with Crippen molar-refractivity contribution in [2.75, 3.05) is 33.5 Å². The molecule has 0 fully saturated rings. The monoisotopic (exact) mass is 271 g/mol. The molecule has 1 aromatic heterocycles. The van der Waals surface area contributed by atoms with E-state index in [0.717, 1.165) is 6.42 Å². The summed E-state index contributed by atoms with van der Waals surface area (Å²) in [4.78, 5) is 0.237. The fourth-order valence-corrected chi connectivity index (χ4v) is 1.37. The van der Waals surface area contributed by atoms with Gasteiger partial charge in [-0.2, -0.15) is 5.10 Å². The largest absolute Gasteiger partial charge is 0.474 e. The van der Waals surface area contributed by atoms with Gasteiger partial charge < -0.3 is 19.9 Å². The van der Waals surface area contributed by atoms with Gasteiger partial charge in [0, 0.05) is 20.3 Å². The van der Waals surface area contributed by atoms with Gasteiger partial charge in [0.2, 0.25) is 5.88 Å². The maximum Gasteiger partial charge on any atom is 0.243 e. The standard InChI is InChI=1S/C11H17N3O3S/c1-15-5-2-6-16-7-8-17-11-9(10(12)18)3-4-13-14-11/h3-4H,2,5-8H2,1H3,(H2,12,18). The van der Waals surface area contributed by atoms with Crippen LogP contribution in [0.15, 0.2) is 12.3 Å². The Kier molecular flexibility index (Phi) is 7.16. The van der Waals surface area contributed by atoms with Crippen LogP contribution >= 0.6 is 12.2 Å². The van der Waals surface area contributed by atoms with Crippen molar-refractivity contribution < 1.29 is 14.2 Å². The molecule has 0 aliphatic rings. The predicted molar refractivity (Wildman–Crippen MR) is 70.7 cm³/mol. The fraction of sp³-hybridized carbons (Fsp3) is 0.545. The van der Waals surface area contributed by atoms with Gasteiger partial charge in [0.15, 0.2) is 0 Å². The minimum atomic E-state index is 0.237. The van der Waals surface area contributed by atoms with Crippen LogP contribution in [-0.4, -0.2) is 48.7 Å². The molecule has 0 saturated heterocycles. The van der Waals surface area contributed by atoms with E-state index in [0.29, 0.717) is 37.9 Å². The average molecular weight is 271 g/mol. The van der Waals surface area contributed by atoms with E-state index in [1.54, 1.807) is 13.2 Å². The normalized spacial score (nSPS) is 10.3. The van der Waals surface area contributed by atoms with Crippen LogP contribution in [0.3, 0.4) is 0 Å². The third-order valence-corrected chi connectivity index (χ3v) is 2.28. The summed E-state index contributed by atoms with van der Waals surface area (Å²) in [7, 11) is 1.66. The minimum Gasteiger partial charge on any atom is -0.474 e. The van der Waals surface area contributed by atoms with Gasteiger partial charge in [0.05, 0.1) is 18.4 Å². The number of thiocarbonyl (C=S) groups is 1. The van der Waals surface area contributed by atoms with Gasteiger partial charge in [-0.1, -0.05) is 12.2 Å². The quantitative estimate of drug-likeness (QED) is 0.518. The Bertz CT molecular complexity index is 376. The van der Waals surface area contributed by atoms with Crippen molar-refractivity contribution in [3.05, 3.63) is 17.8 Å². The lowest BCUT2D eigenvalue weighted by Gasteiger charge is -2.08. The second-order valence-electron chi connectivity index (χ2n) is 3.42. The number of nitrogens with two attached hydrogens (primary N) is 1. The van der Waals surface area contributed by atoms with E-state index in [1.165, 1.54) is 6.20 Å². The van der Waals surface area contributed by atoms with E-state index < -0.39 is 0 Å². The smallest absolute Gasteiger partial charge is 0.243 e. The van der Waals surface area contributed by atoms with Crippen LogP contribution in [0.25, 0.3) is 0 Å². The first-order valence-corrected chi connectivity index (χ1v) is 5.97. The summed E-state index contributed by atoms with van der Waals surface area (Å²) in [5.74, 6) is 0.338. The Hall–Kier alpha value is -1.31. The molecule has 18 heavy (non-hydrogen) atoms. The van der Waals surface area contributed by atoms with Crippen molar-refractivity contribution >= 4 is 17.2 Å². The van der Waals surface area contributed by atoms with Crippen LogP contribution in [0.5, 0.6) is 5.88 Å². The summed E-state index contributed by atoms with van der Waals surface area (Å²) in [6.07, 6.45) is 2.38. The van der Waals surface area contributed by atoms with Crippen LogP contribution in [0.1, 0.15) is 12.0 Å². The molecule has 0 aromatic carbocycles. The van der Waals surface area contributed by atoms with E-state index in [1.807, 2.05) is 0 Å². The van der Waals surface area contributed by atoms with E-state index in [2.05, 4.69) is 10.2 Å². The zero-order chi connectivity index (χ0) is 13.2. The summed E-state index contributed by atoms with van der Waals surface area (Å²) in [6, 6.07) is 1.67. The molecule has 1 heterocycles. The van der Waals surface area contributed by atoms with Crippen molar-refractivity contribution in [3.8, 4) is 5.88 Å². The number of hydrogen-bond acceptors (Lipinski definition) is 6. The molecule has 0 saturated carbocycles. The molecule has 0 unspecified atom stereocenters. The summed E-state index contributed by atoms with van der Waals surface area (Å²) in [5.41, 5.74) is 6.12. The highest BCUT2D eigenvalue weighted by molar-refractivity contribution is 7.80. The molecule has 7 heteroatoms. The van der Waals surface area contributed by atoms with Crippen molar-refractivity contribution in [2.45, 2.75) is 6.42 Å². The van der Waals surface area contributed by atoms with Gasteiger partial charge in [-0.05, 0) is 12.5 Å². The molecule has 0 radical (unpaired) electrons. The topological polar surface area (TPSA) is 79.5 Å². The van der Waals surface area contributed by atoms with Gasteiger partial charge in [-0.15, -0.1) is 5.10 Å². The molecule has 0 aliphatic heterocycles. The predicted octanol–water partition coefficient (Wildman–Crippen LogP) is 0.543. The van der Waals surface area contributed by atoms with Crippen molar-refractivity contribution in [1.29, 1.82) is 0 Å². The molecule has 0 bridgehead atoms. The van der Waals surface area contributed by atoms with Crippen molar-refractivity contribution in [3.63, 3.8) is 0 Å². The zero-order valence-electron chi connectivity index (χ0n) is 10.3. The number of rotatable bonds is 9. The number of aromatic nitrogens is 2. The lowest BCUT2D eigenvalue weighted by molar-refractivity contribution is 0.0793. The molecule has 1 aromatic rings. The van der Waals surface area contributed by atoms with E-state index in [4.69, 9.17) is 32.2 Å². The van der Waals surface area contributed by atoms with Gasteiger partial charge in [-0.3, -0.25) is 0 Å². The fourth-order valence-electron chi connectivity index (χ4n) is 1.22. The third kappa shape index (κ3) is 5.35. The molecule has 0 spiro atoms. The molecule has 1 rings (SSSR count). The molecule has 2 N–H and O–H groups in total. The molecule has 0 atom stereocenters. The van der Waals surface area contributed by atoms with Crippen LogP contribution in [0.2, 0.25) is 0 Å². The van der Waals surface area contributed by atoms with Crippen LogP contribution in [0, 0.1) is 0 Å². The highest BCUT2D eigenvalue weighted by Gasteiger charge is 2.07. The number of methoxy groups -OCH3 is 1. The van der Waals surface area contributed by atoms with Crippen molar-refractivity contribution in [1.82, 2.24) is 10.2 Å². The number of hydrogen-bond donors (Lipinski definition) is 1. The lowest BCUT2D eigenvalue weighted by atomic mass is 10.3. The lowest BCUT2D eigenvalue weighted by Crippen LogP contribution is -2.15. The molecule has 0 amide bonds. The Morgan fingerprint density at radius 1 is 1.33 bits per heavy atom. The van der Waals surface area contributed by atoms with Gasteiger partial charge in [-0.25, -0.2) is 0 Å². The summed E-state index contributed by atoms with van der Waals surface area (Å²) in [6.45, 7) is 2.18. The van der Waals surface area contributed by atoms with E-state index in [9.17, 15) is 0 Å². The Morgan fingerprint density at radius 3 is 2.89 bits per heavy atom. The van der Waals surface area contributed by atoms with Crippen LogP contribution in [0.4, 0.5) is 0 Å². The second kappa shape index (κ2) is 8.73. The maximum absolute atomic E-state index is 5.54. The SMILES string of the molecule is COCCCOCCOc1nnccc1C(N)=S. The third-order valence-electron chi connectivity index (χ3n) is 2.06. The Labute approximate surface area is 111 Å². The summed E-state index contributed by atoms with van der Waals surface area (Å²) in [5, 5.41) is 7.55. The Balaban J connectivity index is 2.25.